The Hall–Kier alpha value is -2.05. The lowest BCUT2D eigenvalue weighted by Gasteiger charge is -2.42. The molecule has 1 saturated heterocycles. The zero-order valence-corrected chi connectivity index (χ0v) is 13.3. The molecule has 22 heavy (non-hydrogen) atoms. The number of amides is 2. The lowest BCUT2D eigenvalue weighted by molar-refractivity contribution is -0.142. The van der Waals surface area contributed by atoms with Crippen LogP contribution in [0.15, 0.2) is 6.33 Å². The van der Waals surface area contributed by atoms with Gasteiger partial charge in [0.25, 0.3) is 0 Å². The number of hydrogen-bond donors (Lipinski definition) is 1. The minimum absolute atomic E-state index is 0.00245. The number of rotatable bonds is 1. The standard InChI is InChI=1S/C15H22N4O3/c1-15(2,3)22-14(21)19-7-5-12(19)13(20)18-6-4-10-11(8-18)17-9-16-10/h9,12H,4-8H2,1-3H3,(H,16,17)/t12-/m1/s1. The molecule has 1 aromatic heterocycles. The van der Waals surface area contributed by atoms with Crippen molar-refractivity contribution in [3.05, 3.63) is 17.7 Å². The molecule has 1 fully saturated rings. The maximum Gasteiger partial charge on any atom is 0.410 e. The van der Waals surface area contributed by atoms with E-state index in [1.807, 2.05) is 20.8 Å². The number of carbonyl (C=O) groups excluding carboxylic acids is 2. The normalized spacial score (nSPS) is 21.1. The van der Waals surface area contributed by atoms with Crippen LogP contribution in [0.1, 0.15) is 38.6 Å². The van der Waals surface area contributed by atoms with E-state index < -0.39 is 11.7 Å². The highest BCUT2D eigenvalue weighted by Gasteiger charge is 2.42. The number of nitrogens with zero attached hydrogens (tertiary/aromatic N) is 3. The monoisotopic (exact) mass is 306 g/mol. The van der Waals surface area contributed by atoms with Gasteiger partial charge in [-0.05, 0) is 27.2 Å². The second-order valence-corrected chi connectivity index (χ2v) is 6.82. The number of hydrogen-bond acceptors (Lipinski definition) is 4. The third kappa shape index (κ3) is 2.80. The van der Waals surface area contributed by atoms with Crippen molar-refractivity contribution >= 4 is 12.0 Å². The third-order valence-corrected chi connectivity index (χ3v) is 4.02. The summed E-state index contributed by atoms with van der Waals surface area (Å²) in [5.74, 6) is -0.00245. The summed E-state index contributed by atoms with van der Waals surface area (Å²) in [5, 5.41) is 0. The molecule has 0 radical (unpaired) electrons. The van der Waals surface area contributed by atoms with Gasteiger partial charge in [0, 0.05) is 19.5 Å². The van der Waals surface area contributed by atoms with Crippen molar-refractivity contribution in [3.63, 3.8) is 0 Å². The van der Waals surface area contributed by atoms with Gasteiger partial charge in [0.2, 0.25) is 5.91 Å². The topological polar surface area (TPSA) is 78.5 Å². The average Bonchev–Trinajstić information content (AvgIpc) is 2.81. The summed E-state index contributed by atoms with van der Waals surface area (Å²) in [5.41, 5.74) is 1.47. The molecule has 3 heterocycles. The molecule has 1 N–H and O–H groups in total. The predicted molar refractivity (Wildman–Crippen MR) is 79.1 cm³/mol. The molecule has 1 atom stereocenters. The van der Waals surface area contributed by atoms with E-state index in [1.165, 1.54) is 4.90 Å². The van der Waals surface area contributed by atoms with E-state index in [0.717, 1.165) is 17.8 Å². The minimum Gasteiger partial charge on any atom is -0.444 e. The number of aromatic amines is 1. The molecule has 7 heteroatoms. The van der Waals surface area contributed by atoms with Gasteiger partial charge in [-0.3, -0.25) is 9.69 Å². The van der Waals surface area contributed by atoms with E-state index in [4.69, 9.17) is 4.74 Å². The lowest BCUT2D eigenvalue weighted by Crippen LogP contribution is -2.60. The summed E-state index contributed by atoms with van der Waals surface area (Å²) >= 11 is 0. The summed E-state index contributed by atoms with van der Waals surface area (Å²) < 4.78 is 5.35. The van der Waals surface area contributed by atoms with Crippen LogP contribution in [0.3, 0.4) is 0 Å². The highest BCUT2D eigenvalue weighted by molar-refractivity contribution is 5.87. The first-order valence-electron chi connectivity index (χ1n) is 7.65. The Kier molecular flexibility index (Phi) is 3.58. The second kappa shape index (κ2) is 5.30. The Labute approximate surface area is 129 Å². The Bertz CT molecular complexity index is 590. The molecule has 0 aromatic carbocycles. The molecule has 0 bridgehead atoms. The van der Waals surface area contributed by atoms with Crippen LogP contribution in [0.5, 0.6) is 0 Å². The number of carbonyl (C=O) groups is 2. The van der Waals surface area contributed by atoms with E-state index in [9.17, 15) is 9.59 Å². The fourth-order valence-corrected chi connectivity index (χ4v) is 2.79. The second-order valence-electron chi connectivity index (χ2n) is 6.82. The molecule has 120 valence electrons. The zero-order chi connectivity index (χ0) is 15.9. The largest absolute Gasteiger partial charge is 0.444 e. The molecule has 0 spiro atoms. The van der Waals surface area contributed by atoms with Crippen molar-refractivity contribution < 1.29 is 14.3 Å². The number of imidazole rings is 1. The Morgan fingerprint density at radius 1 is 1.36 bits per heavy atom. The van der Waals surface area contributed by atoms with Crippen LogP contribution < -0.4 is 0 Å². The first kappa shape index (κ1) is 14.9. The van der Waals surface area contributed by atoms with Crippen molar-refractivity contribution in [2.75, 3.05) is 13.1 Å². The highest BCUT2D eigenvalue weighted by Crippen LogP contribution is 2.25. The highest BCUT2D eigenvalue weighted by atomic mass is 16.6. The van der Waals surface area contributed by atoms with Crippen molar-refractivity contribution in [2.45, 2.75) is 51.8 Å². The van der Waals surface area contributed by atoms with Crippen LogP contribution in [0.2, 0.25) is 0 Å². The first-order valence-corrected chi connectivity index (χ1v) is 7.65. The molecular formula is C15H22N4O3. The van der Waals surface area contributed by atoms with Crippen molar-refractivity contribution in [1.82, 2.24) is 19.8 Å². The summed E-state index contributed by atoms with van der Waals surface area (Å²) in [4.78, 5) is 35.4. The van der Waals surface area contributed by atoms with Crippen LogP contribution in [-0.2, 0) is 22.5 Å². The molecule has 3 rings (SSSR count). The van der Waals surface area contributed by atoms with Crippen LogP contribution in [-0.4, -0.2) is 56.5 Å². The average molecular weight is 306 g/mol. The van der Waals surface area contributed by atoms with Gasteiger partial charge in [0.1, 0.15) is 11.6 Å². The van der Waals surface area contributed by atoms with Gasteiger partial charge in [-0.2, -0.15) is 0 Å². The van der Waals surface area contributed by atoms with E-state index in [2.05, 4.69) is 9.97 Å². The summed E-state index contributed by atoms with van der Waals surface area (Å²) in [6.07, 6.45) is 2.71. The summed E-state index contributed by atoms with van der Waals surface area (Å²) in [6, 6.07) is -0.390. The van der Waals surface area contributed by atoms with E-state index in [-0.39, 0.29) is 11.9 Å². The number of aromatic nitrogens is 2. The van der Waals surface area contributed by atoms with E-state index >= 15 is 0 Å². The Balaban J connectivity index is 1.62. The number of H-pyrrole nitrogens is 1. The fourth-order valence-electron chi connectivity index (χ4n) is 2.79. The molecular weight excluding hydrogens is 284 g/mol. The van der Waals surface area contributed by atoms with Crippen LogP contribution in [0.25, 0.3) is 0 Å². The molecule has 0 saturated carbocycles. The molecule has 2 aliphatic heterocycles. The van der Waals surface area contributed by atoms with Gasteiger partial charge in [-0.1, -0.05) is 0 Å². The molecule has 7 nitrogen and oxygen atoms in total. The maximum atomic E-state index is 12.6. The van der Waals surface area contributed by atoms with Gasteiger partial charge >= 0.3 is 6.09 Å². The van der Waals surface area contributed by atoms with Gasteiger partial charge < -0.3 is 14.6 Å². The molecule has 2 aliphatic rings. The van der Waals surface area contributed by atoms with E-state index in [0.29, 0.717) is 26.1 Å². The number of nitrogens with one attached hydrogen (secondary N) is 1. The van der Waals surface area contributed by atoms with Gasteiger partial charge in [-0.15, -0.1) is 0 Å². The van der Waals surface area contributed by atoms with E-state index in [1.54, 1.807) is 11.2 Å². The quantitative estimate of drug-likeness (QED) is 0.848. The smallest absolute Gasteiger partial charge is 0.410 e. The van der Waals surface area contributed by atoms with Crippen molar-refractivity contribution in [3.8, 4) is 0 Å². The Morgan fingerprint density at radius 2 is 2.14 bits per heavy atom. The zero-order valence-electron chi connectivity index (χ0n) is 13.3. The molecule has 0 unspecified atom stereocenters. The van der Waals surface area contributed by atoms with Gasteiger partial charge in [0.05, 0.1) is 24.3 Å². The molecule has 1 aromatic rings. The first-order chi connectivity index (χ1) is 10.3. The number of ether oxygens (including phenoxy) is 1. The summed E-state index contributed by atoms with van der Waals surface area (Å²) in [6.45, 7) is 7.24. The van der Waals surface area contributed by atoms with Gasteiger partial charge in [-0.25, -0.2) is 9.78 Å². The fraction of sp³-hybridized carbons (Fsp3) is 0.667. The lowest BCUT2D eigenvalue weighted by atomic mass is 10.0. The maximum absolute atomic E-state index is 12.6. The molecule has 0 aliphatic carbocycles. The third-order valence-electron chi connectivity index (χ3n) is 4.02. The van der Waals surface area contributed by atoms with Crippen LogP contribution in [0.4, 0.5) is 4.79 Å². The summed E-state index contributed by atoms with van der Waals surface area (Å²) in [7, 11) is 0. The van der Waals surface area contributed by atoms with Crippen molar-refractivity contribution in [2.24, 2.45) is 0 Å². The van der Waals surface area contributed by atoms with Crippen LogP contribution >= 0.6 is 0 Å². The predicted octanol–water partition coefficient (Wildman–Crippen LogP) is 1.30. The van der Waals surface area contributed by atoms with Crippen LogP contribution in [0, 0.1) is 0 Å². The molecule has 2 amide bonds. The van der Waals surface area contributed by atoms with Gasteiger partial charge in [0.15, 0.2) is 0 Å². The Morgan fingerprint density at radius 3 is 2.77 bits per heavy atom. The minimum atomic E-state index is -0.545. The SMILES string of the molecule is CC(C)(C)OC(=O)N1CC[C@@H]1C(=O)N1CCc2nc[nH]c2C1. The number of fused-ring (bicyclic) bond motifs is 1. The van der Waals surface area contributed by atoms with Crippen molar-refractivity contribution in [1.29, 1.82) is 0 Å². The number of likely N-dealkylation sites (tertiary alicyclic amines) is 1.